The first-order chi connectivity index (χ1) is 15.9. The van der Waals surface area contributed by atoms with Gasteiger partial charge in [-0.1, -0.05) is 78.9 Å². The maximum atomic E-state index is 13.2. The summed E-state index contributed by atoms with van der Waals surface area (Å²) in [5.41, 5.74) is 5.48. The summed E-state index contributed by atoms with van der Waals surface area (Å²) in [6.45, 7) is 1.72. The third kappa shape index (κ3) is 7.66. The van der Waals surface area contributed by atoms with Crippen LogP contribution in [0.2, 0.25) is 0 Å². The average Bonchev–Trinajstić information content (AvgIpc) is 2.85. The highest BCUT2D eigenvalue weighted by atomic mass is 32.2. The predicted octanol–water partition coefficient (Wildman–Crippen LogP) is 4.04. The summed E-state index contributed by atoms with van der Waals surface area (Å²) in [6, 6.07) is 27.8. The van der Waals surface area contributed by atoms with Crippen molar-refractivity contribution >= 4 is 21.6 Å². The van der Waals surface area contributed by atoms with Gasteiger partial charge >= 0.3 is 0 Å². The summed E-state index contributed by atoms with van der Waals surface area (Å²) in [5, 5.41) is 4.16. The lowest BCUT2D eigenvalue weighted by molar-refractivity contribution is -0.121. The number of aryl methyl sites for hydroxylation is 1. The molecule has 0 bridgehead atoms. The molecule has 6 nitrogen and oxygen atoms in total. The Kier molecular flexibility index (Phi) is 8.92. The predicted molar refractivity (Wildman–Crippen MR) is 131 cm³/mol. The number of carbonyl (C=O) groups excluding carboxylic acids is 1. The molecule has 33 heavy (non-hydrogen) atoms. The number of rotatable bonds is 11. The van der Waals surface area contributed by atoms with E-state index < -0.39 is 15.9 Å². The molecule has 0 saturated heterocycles. The second kappa shape index (κ2) is 12.1. The van der Waals surface area contributed by atoms with Gasteiger partial charge in [-0.25, -0.2) is 13.8 Å². The number of hydrogen-bond donors (Lipinski definition) is 1. The Hall–Kier alpha value is -3.29. The lowest BCUT2D eigenvalue weighted by atomic mass is 10.1. The molecule has 0 aliphatic carbocycles. The Bertz CT molecular complexity index is 1150. The number of benzene rings is 3. The van der Waals surface area contributed by atoms with Gasteiger partial charge in [-0.3, -0.25) is 4.79 Å². The van der Waals surface area contributed by atoms with E-state index in [1.165, 1.54) is 22.0 Å². The molecule has 0 saturated carbocycles. The molecule has 3 aromatic carbocycles. The summed E-state index contributed by atoms with van der Waals surface area (Å²) < 4.78 is 27.6. The summed E-state index contributed by atoms with van der Waals surface area (Å²) in [7, 11) is -3.83. The first-order valence-corrected chi connectivity index (χ1v) is 12.3. The van der Waals surface area contributed by atoms with Gasteiger partial charge in [-0.2, -0.15) is 9.41 Å². The van der Waals surface area contributed by atoms with E-state index in [9.17, 15) is 13.2 Å². The van der Waals surface area contributed by atoms with Gasteiger partial charge in [-0.15, -0.1) is 0 Å². The van der Waals surface area contributed by atoms with E-state index in [1.807, 2.05) is 67.6 Å². The Labute approximate surface area is 196 Å². The van der Waals surface area contributed by atoms with Crippen molar-refractivity contribution < 1.29 is 13.2 Å². The minimum atomic E-state index is -3.83. The highest BCUT2D eigenvalue weighted by molar-refractivity contribution is 7.89. The first kappa shape index (κ1) is 24.4. The Morgan fingerprint density at radius 2 is 1.33 bits per heavy atom. The van der Waals surface area contributed by atoms with E-state index in [0.717, 1.165) is 17.7 Å². The van der Waals surface area contributed by atoms with Gasteiger partial charge in [0.25, 0.3) is 5.91 Å². The van der Waals surface area contributed by atoms with Gasteiger partial charge < -0.3 is 0 Å². The summed E-state index contributed by atoms with van der Waals surface area (Å²) >= 11 is 0. The molecule has 0 aliphatic rings. The quantitative estimate of drug-likeness (QED) is 0.344. The fourth-order valence-electron chi connectivity index (χ4n) is 3.30. The maximum absolute atomic E-state index is 13.2. The highest BCUT2D eigenvalue weighted by Crippen LogP contribution is 2.16. The zero-order chi connectivity index (χ0) is 23.5. The molecule has 7 heteroatoms. The van der Waals surface area contributed by atoms with Crippen molar-refractivity contribution in [2.24, 2.45) is 5.10 Å². The first-order valence-electron chi connectivity index (χ1n) is 10.9. The molecular formula is C26H29N3O3S. The number of nitrogens with one attached hydrogen (secondary N) is 1. The molecule has 0 aliphatic heterocycles. The fraction of sp³-hybridized carbons (Fsp3) is 0.231. The summed E-state index contributed by atoms with van der Waals surface area (Å²) in [5.74, 6) is -0.471. The van der Waals surface area contributed by atoms with Gasteiger partial charge in [0.15, 0.2) is 0 Å². The third-order valence-corrected chi connectivity index (χ3v) is 7.04. The molecule has 1 N–H and O–H groups in total. The minimum absolute atomic E-state index is 0.161. The summed E-state index contributed by atoms with van der Waals surface area (Å²) in [4.78, 5) is 12.8. The monoisotopic (exact) mass is 463 g/mol. The zero-order valence-electron chi connectivity index (χ0n) is 18.7. The Balaban J connectivity index is 1.65. The topological polar surface area (TPSA) is 78.8 Å². The maximum Gasteiger partial charge on any atom is 0.255 e. The lowest BCUT2D eigenvalue weighted by Crippen LogP contribution is -2.40. The van der Waals surface area contributed by atoms with Gasteiger partial charge in [-0.05, 0) is 49.4 Å². The van der Waals surface area contributed by atoms with Crippen molar-refractivity contribution in [1.29, 1.82) is 0 Å². The van der Waals surface area contributed by atoms with Crippen molar-refractivity contribution in [1.82, 2.24) is 9.73 Å². The molecule has 0 unspecified atom stereocenters. The molecule has 3 aromatic rings. The van der Waals surface area contributed by atoms with Crippen LogP contribution < -0.4 is 5.43 Å². The van der Waals surface area contributed by atoms with Gasteiger partial charge in [0, 0.05) is 12.3 Å². The Morgan fingerprint density at radius 3 is 1.91 bits per heavy atom. The van der Waals surface area contributed by atoms with E-state index in [1.54, 1.807) is 18.2 Å². The minimum Gasteiger partial charge on any atom is -0.272 e. The number of nitrogens with zero attached hydrogens (tertiary/aromatic N) is 2. The molecule has 0 aromatic heterocycles. The van der Waals surface area contributed by atoms with Crippen molar-refractivity contribution in [3.05, 3.63) is 102 Å². The van der Waals surface area contributed by atoms with Crippen LogP contribution in [0.4, 0.5) is 0 Å². The smallest absolute Gasteiger partial charge is 0.255 e. The molecule has 0 fully saturated rings. The van der Waals surface area contributed by atoms with Gasteiger partial charge in [0.05, 0.1) is 11.4 Å². The van der Waals surface area contributed by atoms with Crippen molar-refractivity contribution in [2.45, 2.75) is 31.1 Å². The van der Waals surface area contributed by atoms with Crippen LogP contribution in [0.1, 0.15) is 24.5 Å². The van der Waals surface area contributed by atoms with Crippen LogP contribution in [0, 0.1) is 0 Å². The van der Waals surface area contributed by atoms with E-state index in [2.05, 4.69) is 10.5 Å². The Morgan fingerprint density at radius 1 is 0.818 bits per heavy atom. The van der Waals surface area contributed by atoms with Crippen LogP contribution in [0.15, 0.2) is 101 Å². The molecule has 1 amide bonds. The highest BCUT2D eigenvalue weighted by Gasteiger charge is 2.26. The van der Waals surface area contributed by atoms with Crippen LogP contribution in [-0.2, 0) is 27.7 Å². The number of carbonyl (C=O) groups is 1. The van der Waals surface area contributed by atoms with Crippen molar-refractivity contribution in [3.8, 4) is 0 Å². The normalized spacial score (nSPS) is 12.0. The number of hydrogen-bond acceptors (Lipinski definition) is 4. The second-order valence-electron chi connectivity index (χ2n) is 7.75. The molecule has 3 rings (SSSR count). The van der Waals surface area contributed by atoms with Crippen LogP contribution in [0.5, 0.6) is 0 Å². The molecule has 0 atom stereocenters. The van der Waals surface area contributed by atoms with Crippen molar-refractivity contribution in [3.63, 3.8) is 0 Å². The SMILES string of the molecule is C/C(CCc1ccccc1)=N/NC(=O)CN(CCc1ccccc1)S(=O)(=O)c1ccccc1. The average molecular weight is 464 g/mol. The zero-order valence-corrected chi connectivity index (χ0v) is 19.5. The molecule has 0 spiro atoms. The standard InChI is InChI=1S/C26H29N3O3S/c1-22(17-18-23-11-5-2-6-12-23)27-28-26(30)21-29(20-19-24-13-7-3-8-14-24)33(31,32)25-15-9-4-10-16-25/h2-16H,17-21H2,1H3,(H,28,30)/b27-22-. The largest absolute Gasteiger partial charge is 0.272 e. The molecule has 0 heterocycles. The van der Waals surface area contributed by atoms with E-state index in [-0.39, 0.29) is 18.0 Å². The second-order valence-corrected chi connectivity index (χ2v) is 9.69. The summed E-state index contributed by atoms with van der Waals surface area (Å²) in [6.07, 6.45) is 2.02. The van der Waals surface area contributed by atoms with E-state index >= 15 is 0 Å². The molecule has 172 valence electrons. The fourth-order valence-corrected chi connectivity index (χ4v) is 4.72. The third-order valence-electron chi connectivity index (χ3n) is 5.18. The van der Waals surface area contributed by atoms with E-state index in [0.29, 0.717) is 12.8 Å². The molecule has 0 radical (unpaired) electrons. The van der Waals surface area contributed by atoms with Crippen LogP contribution in [0.3, 0.4) is 0 Å². The van der Waals surface area contributed by atoms with Crippen molar-refractivity contribution in [2.75, 3.05) is 13.1 Å². The van der Waals surface area contributed by atoms with E-state index in [4.69, 9.17) is 0 Å². The molecular weight excluding hydrogens is 434 g/mol. The van der Waals surface area contributed by atoms with Gasteiger partial charge in [0.2, 0.25) is 10.0 Å². The number of sulfonamides is 1. The van der Waals surface area contributed by atoms with Crippen LogP contribution in [0.25, 0.3) is 0 Å². The van der Waals surface area contributed by atoms with Crippen LogP contribution in [-0.4, -0.2) is 37.4 Å². The number of amides is 1. The number of hydrazone groups is 1. The van der Waals surface area contributed by atoms with Gasteiger partial charge in [0.1, 0.15) is 0 Å². The van der Waals surface area contributed by atoms with Crippen LogP contribution >= 0.6 is 0 Å². The lowest BCUT2D eigenvalue weighted by Gasteiger charge is -2.21.